The van der Waals surface area contributed by atoms with Gasteiger partial charge in [-0.3, -0.25) is 9.36 Å². The Morgan fingerprint density at radius 3 is 2.94 bits per heavy atom. The normalized spacial score (nSPS) is 11.2. The number of H-pyrrole nitrogens is 1. The minimum atomic E-state index is -0.0560. The van der Waals surface area contributed by atoms with E-state index in [-0.39, 0.29) is 5.56 Å². The van der Waals surface area contributed by atoms with Crippen LogP contribution >= 0.6 is 46.5 Å². The van der Waals surface area contributed by atoms with Crippen molar-refractivity contribution in [2.24, 2.45) is 0 Å². The first-order chi connectivity index (χ1) is 8.65. The summed E-state index contributed by atoms with van der Waals surface area (Å²) in [5.41, 5.74) is -0.0560. The average molecular weight is 315 g/mol. The maximum Gasteiger partial charge on any atom is 0.263 e. The minimum Gasteiger partial charge on any atom is -0.323 e. The van der Waals surface area contributed by atoms with Gasteiger partial charge in [-0.15, -0.1) is 22.7 Å². The Morgan fingerprint density at radius 1 is 1.39 bits per heavy atom. The number of aromatic nitrogens is 2. The number of fused-ring (bicyclic) bond motifs is 1. The standard InChI is InChI=1S/C11H7ClN2OS3/c12-8-2-1-6(18-8)5-14-10(15)7-3-4-17-9(7)13-11(14)16/h1-4H,5H2,(H,13,16). The molecule has 0 aliphatic rings. The molecule has 7 heteroatoms. The molecule has 3 aromatic rings. The third-order valence-corrected chi connectivity index (χ3v) is 4.92. The van der Waals surface area contributed by atoms with Crippen molar-refractivity contribution in [1.82, 2.24) is 9.55 Å². The second-order valence-electron chi connectivity index (χ2n) is 3.69. The van der Waals surface area contributed by atoms with Gasteiger partial charge in [-0.05, 0) is 35.8 Å². The molecular formula is C11H7ClN2OS3. The van der Waals surface area contributed by atoms with Gasteiger partial charge in [0.1, 0.15) is 4.83 Å². The Balaban J connectivity index is 2.17. The highest BCUT2D eigenvalue weighted by Gasteiger charge is 2.08. The molecule has 0 aliphatic carbocycles. The zero-order valence-electron chi connectivity index (χ0n) is 8.97. The Labute approximate surface area is 120 Å². The predicted octanol–water partition coefficient (Wildman–Crippen LogP) is 3.88. The Hall–Kier alpha value is -0.950. The topological polar surface area (TPSA) is 37.8 Å². The van der Waals surface area contributed by atoms with Crippen molar-refractivity contribution >= 4 is 56.7 Å². The predicted molar refractivity (Wildman–Crippen MR) is 79.7 cm³/mol. The summed E-state index contributed by atoms with van der Waals surface area (Å²) in [5, 5.41) is 2.56. The number of halogens is 1. The molecule has 0 amide bonds. The van der Waals surface area contributed by atoms with Crippen LogP contribution in [0.15, 0.2) is 28.4 Å². The Kier molecular flexibility index (Phi) is 3.11. The fourth-order valence-electron chi connectivity index (χ4n) is 1.71. The number of nitrogens with zero attached hydrogens (tertiary/aromatic N) is 1. The zero-order valence-corrected chi connectivity index (χ0v) is 12.2. The van der Waals surface area contributed by atoms with Crippen LogP contribution in [0.4, 0.5) is 0 Å². The maximum absolute atomic E-state index is 12.3. The van der Waals surface area contributed by atoms with Gasteiger partial charge in [-0.2, -0.15) is 0 Å². The molecule has 0 saturated heterocycles. The van der Waals surface area contributed by atoms with E-state index in [1.165, 1.54) is 22.7 Å². The first-order valence-electron chi connectivity index (χ1n) is 5.09. The number of aromatic amines is 1. The second-order valence-corrected chi connectivity index (χ2v) is 6.79. The summed E-state index contributed by atoms with van der Waals surface area (Å²) in [6.45, 7) is 0.456. The van der Waals surface area contributed by atoms with Crippen molar-refractivity contribution in [3.63, 3.8) is 0 Å². The summed E-state index contributed by atoms with van der Waals surface area (Å²) in [7, 11) is 0. The highest BCUT2D eigenvalue weighted by molar-refractivity contribution is 7.71. The van der Waals surface area contributed by atoms with Crippen LogP contribution in [0.1, 0.15) is 4.88 Å². The summed E-state index contributed by atoms with van der Waals surface area (Å²) in [5.74, 6) is 0. The fourth-order valence-corrected chi connectivity index (χ4v) is 3.88. The van der Waals surface area contributed by atoms with Crippen LogP contribution in [0.5, 0.6) is 0 Å². The van der Waals surface area contributed by atoms with E-state index in [1.54, 1.807) is 4.57 Å². The van der Waals surface area contributed by atoms with Gasteiger partial charge < -0.3 is 4.98 Å². The van der Waals surface area contributed by atoms with Crippen LogP contribution in [-0.4, -0.2) is 9.55 Å². The molecule has 3 rings (SSSR count). The number of hydrogen-bond acceptors (Lipinski definition) is 4. The summed E-state index contributed by atoms with van der Waals surface area (Å²) < 4.78 is 2.72. The van der Waals surface area contributed by atoms with E-state index in [4.69, 9.17) is 23.8 Å². The molecule has 0 unspecified atom stereocenters. The fraction of sp³-hybridized carbons (Fsp3) is 0.0909. The summed E-state index contributed by atoms with van der Waals surface area (Å²) in [6, 6.07) is 5.54. The lowest BCUT2D eigenvalue weighted by Gasteiger charge is -2.04. The first kappa shape index (κ1) is 12.1. The van der Waals surface area contributed by atoms with Crippen molar-refractivity contribution in [2.75, 3.05) is 0 Å². The SMILES string of the molecule is O=c1c2ccsc2[nH]c(=S)n1Cc1ccc(Cl)s1. The molecule has 3 nitrogen and oxygen atoms in total. The van der Waals surface area contributed by atoms with Gasteiger partial charge in [0, 0.05) is 4.88 Å². The molecule has 3 aromatic heterocycles. The molecular weight excluding hydrogens is 308 g/mol. The molecule has 0 bridgehead atoms. The molecule has 0 aliphatic heterocycles. The van der Waals surface area contributed by atoms with Gasteiger partial charge in [0.25, 0.3) is 5.56 Å². The minimum absolute atomic E-state index is 0.0560. The zero-order chi connectivity index (χ0) is 12.7. The van der Waals surface area contributed by atoms with Gasteiger partial charge in [0.05, 0.1) is 16.3 Å². The van der Waals surface area contributed by atoms with Crippen LogP contribution in [-0.2, 0) is 6.54 Å². The molecule has 0 aromatic carbocycles. The number of rotatable bonds is 2. The van der Waals surface area contributed by atoms with Crippen molar-refractivity contribution in [2.45, 2.75) is 6.54 Å². The highest BCUT2D eigenvalue weighted by atomic mass is 35.5. The van der Waals surface area contributed by atoms with Crippen molar-refractivity contribution in [3.8, 4) is 0 Å². The van der Waals surface area contributed by atoms with E-state index >= 15 is 0 Å². The lowest BCUT2D eigenvalue weighted by atomic mass is 10.4. The van der Waals surface area contributed by atoms with E-state index in [0.29, 0.717) is 21.0 Å². The van der Waals surface area contributed by atoms with Gasteiger partial charge >= 0.3 is 0 Å². The van der Waals surface area contributed by atoms with Crippen LogP contribution in [0, 0.1) is 4.77 Å². The molecule has 0 spiro atoms. The van der Waals surface area contributed by atoms with Crippen molar-refractivity contribution in [1.29, 1.82) is 0 Å². The van der Waals surface area contributed by atoms with Crippen LogP contribution in [0.2, 0.25) is 4.34 Å². The number of thiophene rings is 2. The summed E-state index contributed by atoms with van der Waals surface area (Å²) in [6.07, 6.45) is 0. The molecule has 1 N–H and O–H groups in total. The third-order valence-electron chi connectivity index (χ3n) is 2.55. The lowest BCUT2D eigenvalue weighted by molar-refractivity contribution is 0.745. The summed E-state index contributed by atoms with van der Waals surface area (Å²) in [4.78, 5) is 17.2. The van der Waals surface area contributed by atoms with E-state index < -0.39 is 0 Å². The third kappa shape index (κ3) is 2.05. The highest BCUT2D eigenvalue weighted by Crippen LogP contribution is 2.22. The van der Waals surface area contributed by atoms with Crippen molar-refractivity contribution in [3.05, 3.63) is 47.9 Å². The average Bonchev–Trinajstić information content (AvgIpc) is 2.93. The van der Waals surface area contributed by atoms with E-state index in [9.17, 15) is 4.79 Å². The van der Waals surface area contributed by atoms with Gasteiger partial charge in [0.15, 0.2) is 4.77 Å². The number of nitrogens with one attached hydrogen (secondary N) is 1. The molecule has 0 atom stereocenters. The lowest BCUT2D eigenvalue weighted by Crippen LogP contribution is -2.21. The molecule has 3 heterocycles. The molecule has 92 valence electrons. The summed E-state index contributed by atoms with van der Waals surface area (Å²) >= 11 is 14.0. The molecule has 0 saturated carbocycles. The Morgan fingerprint density at radius 2 is 2.22 bits per heavy atom. The van der Waals surface area contributed by atoms with Crippen molar-refractivity contribution < 1.29 is 0 Å². The van der Waals surface area contributed by atoms with Gasteiger partial charge in [0.2, 0.25) is 0 Å². The first-order valence-corrected chi connectivity index (χ1v) is 7.58. The molecule has 0 fully saturated rings. The molecule has 18 heavy (non-hydrogen) atoms. The van der Waals surface area contributed by atoms with Crippen LogP contribution in [0.25, 0.3) is 10.2 Å². The largest absolute Gasteiger partial charge is 0.323 e. The van der Waals surface area contributed by atoms with Crippen LogP contribution < -0.4 is 5.56 Å². The van der Waals surface area contributed by atoms with Gasteiger partial charge in [-0.1, -0.05) is 11.6 Å². The number of hydrogen-bond donors (Lipinski definition) is 1. The monoisotopic (exact) mass is 314 g/mol. The smallest absolute Gasteiger partial charge is 0.263 e. The van der Waals surface area contributed by atoms with E-state index in [2.05, 4.69) is 4.98 Å². The maximum atomic E-state index is 12.3. The molecule has 0 radical (unpaired) electrons. The quantitative estimate of drug-likeness (QED) is 0.729. The van der Waals surface area contributed by atoms with Gasteiger partial charge in [-0.25, -0.2) is 0 Å². The Bertz CT molecular complexity index is 827. The van der Waals surface area contributed by atoms with E-state index in [1.807, 2.05) is 23.6 Å². The van der Waals surface area contributed by atoms with Crippen LogP contribution in [0.3, 0.4) is 0 Å². The second kappa shape index (κ2) is 4.62. The van der Waals surface area contributed by atoms with E-state index in [0.717, 1.165) is 9.71 Å².